The average molecular weight is 445 g/mol. The number of halogens is 4. The van der Waals surface area contributed by atoms with E-state index in [0.29, 0.717) is 27.9 Å². The van der Waals surface area contributed by atoms with Gasteiger partial charge in [0.1, 0.15) is 6.54 Å². The topological polar surface area (TPSA) is 38.8 Å². The van der Waals surface area contributed by atoms with Crippen LogP contribution in [-0.2, 0) is 0 Å². The summed E-state index contributed by atoms with van der Waals surface area (Å²) in [5.41, 5.74) is 0.170. The summed E-state index contributed by atoms with van der Waals surface area (Å²) in [4.78, 5) is 13.4. The molecule has 0 spiro atoms. The molecule has 0 aromatic heterocycles. The lowest BCUT2D eigenvalue weighted by atomic mass is 10.1. The van der Waals surface area contributed by atoms with Crippen molar-refractivity contribution in [1.82, 2.24) is 4.90 Å². The van der Waals surface area contributed by atoms with Crippen LogP contribution in [0, 0.1) is 3.57 Å². The van der Waals surface area contributed by atoms with E-state index in [1.54, 1.807) is 6.07 Å². The highest BCUT2D eigenvalue weighted by Crippen LogP contribution is 2.32. The van der Waals surface area contributed by atoms with Crippen molar-refractivity contribution in [2.24, 2.45) is 0 Å². The van der Waals surface area contributed by atoms with Gasteiger partial charge in [-0.05, 0) is 41.1 Å². The Morgan fingerprint density at radius 2 is 1.78 bits per heavy atom. The highest BCUT2D eigenvalue weighted by atomic mass is 127. The van der Waals surface area contributed by atoms with Crippen molar-refractivity contribution < 1.29 is 27.4 Å². The van der Waals surface area contributed by atoms with Gasteiger partial charge in [-0.15, -0.1) is 0 Å². The Labute approximate surface area is 147 Å². The molecule has 8 heteroatoms. The molecular weight excluding hydrogens is 426 g/mol. The fourth-order valence-electron chi connectivity index (χ4n) is 2.01. The number of carbonyl (C=O) groups excluding carboxylic acids is 1. The molecule has 0 aliphatic rings. The zero-order valence-electron chi connectivity index (χ0n) is 13.2. The predicted molar refractivity (Wildman–Crippen MR) is 89.1 cm³/mol. The van der Waals surface area contributed by atoms with Crippen molar-refractivity contribution in [2.75, 3.05) is 27.3 Å². The first kappa shape index (κ1) is 19.9. The molecule has 23 heavy (non-hydrogen) atoms. The number of alkyl halides is 3. The first-order valence-corrected chi connectivity index (χ1v) is 8.08. The molecule has 0 radical (unpaired) electrons. The van der Waals surface area contributed by atoms with E-state index in [0.717, 1.165) is 4.90 Å². The van der Waals surface area contributed by atoms with Crippen molar-refractivity contribution in [1.29, 1.82) is 0 Å². The lowest BCUT2D eigenvalue weighted by Crippen LogP contribution is -2.39. The number of ether oxygens (including phenoxy) is 2. The number of amides is 1. The number of rotatable bonds is 7. The van der Waals surface area contributed by atoms with Gasteiger partial charge < -0.3 is 14.4 Å². The molecular formula is C15H19F3INO3. The average Bonchev–Trinajstić information content (AvgIpc) is 2.49. The number of benzene rings is 1. The van der Waals surface area contributed by atoms with E-state index in [1.165, 1.54) is 20.3 Å². The van der Waals surface area contributed by atoms with E-state index in [9.17, 15) is 18.0 Å². The van der Waals surface area contributed by atoms with E-state index < -0.39 is 18.6 Å². The zero-order chi connectivity index (χ0) is 17.6. The Hall–Kier alpha value is -1.19. The minimum absolute atomic E-state index is 0.0548. The van der Waals surface area contributed by atoms with Gasteiger partial charge in [0, 0.05) is 10.1 Å². The van der Waals surface area contributed by atoms with Crippen LogP contribution in [-0.4, -0.2) is 44.3 Å². The van der Waals surface area contributed by atoms with Crippen LogP contribution in [0.2, 0.25) is 0 Å². The maximum absolute atomic E-state index is 12.7. The minimum atomic E-state index is -4.44. The monoisotopic (exact) mass is 445 g/mol. The Bertz CT molecular complexity index is 550. The molecule has 0 fully saturated rings. The summed E-state index contributed by atoms with van der Waals surface area (Å²) in [6.07, 6.45) is -3.23. The molecule has 0 atom stereocenters. The van der Waals surface area contributed by atoms with Crippen molar-refractivity contribution in [3.63, 3.8) is 0 Å². The lowest BCUT2D eigenvalue weighted by molar-refractivity contribution is -0.140. The van der Waals surface area contributed by atoms with Gasteiger partial charge in [0.2, 0.25) is 0 Å². The molecule has 0 bridgehead atoms. The van der Waals surface area contributed by atoms with Crippen LogP contribution in [0.4, 0.5) is 13.2 Å². The molecule has 1 rings (SSSR count). The number of hydrogen-bond donors (Lipinski definition) is 0. The van der Waals surface area contributed by atoms with Crippen molar-refractivity contribution in [3.8, 4) is 11.5 Å². The van der Waals surface area contributed by atoms with E-state index >= 15 is 0 Å². The molecule has 0 saturated heterocycles. The van der Waals surface area contributed by atoms with Gasteiger partial charge in [-0.3, -0.25) is 4.79 Å². The summed E-state index contributed by atoms with van der Waals surface area (Å²) in [5, 5.41) is 0. The third kappa shape index (κ3) is 5.74. The molecule has 0 aliphatic carbocycles. The van der Waals surface area contributed by atoms with Crippen LogP contribution in [0.1, 0.15) is 30.1 Å². The van der Waals surface area contributed by atoms with Gasteiger partial charge in [-0.2, -0.15) is 13.2 Å². The highest BCUT2D eigenvalue weighted by Gasteiger charge is 2.33. The van der Waals surface area contributed by atoms with Crippen LogP contribution in [0.25, 0.3) is 0 Å². The molecule has 130 valence electrons. The number of nitrogens with zero attached hydrogens (tertiary/aromatic N) is 1. The minimum Gasteiger partial charge on any atom is -0.493 e. The molecule has 0 unspecified atom stereocenters. The van der Waals surface area contributed by atoms with Gasteiger partial charge in [-0.25, -0.2) is 0 Å². The summed E-state index contributed by atoms with van der Waals surface area (Å²) in [5.74, 6) is 0.0595. The molecule has 1 aromatic rings. The van der Waals surface area contributed by atoms with E-state index in [4.69, 9.17) is 9.47 Å². The summed E-state index contributed by atoms with van der Waals surface area (Å²) < 4.78 is 49.0. The molecule has 1 aromatic carbocycles. The fraction of sp³-hybridized carbons (Fsp3) is 0.533. The van der Waals surface area contributed by atoms with Crippen LogP contribution in [0.15, 0.2) is 12.1 Å². The largest absolute Gasteiger partial charge is 0.493 e. The molecule has 0 saturated carbocycles. The number of unbranched alkanes of at least 4 members (excludes halogenated alkanes) is 1. The van der Waals surface area contributed by atoms with Gasteiger partial charge in [0.15, 0.2) is 11.5 Å². The van der Waals surface area contributed by atoms with E-state index in [-0.39, 0.29) is 12.1 Å². The Morgan fingerprint density at radius 1 is 1.22 bits per heavy atom. The Kier molecular flexibility index (Phi) is 7.43. The Morgan fingerprint density at radius 3 is 2.26 bits per heavy atom. The first-order chi connectivity index (χ1) is 10.7. The molecule has 4 nitrogen and oxygen atoms in total. The summed E-state index contributed by atoms with van der Waals surface area (Å²) in [7, 11) is 2.86. The quantitative estimate of drug-likeness (QED) is 0.594. The summed E-state index contributed by atoms with van der Waals surface area (Å²) >= 11 is 1.90. The maximum atomic E-state index is 12.7. The highest BCUT2D eigenvalue weighted by molar-refractivity contribution is 14.1. The van der Waals surface area contributed by atoms with Crippen molar-refractivity contribution in [2.45, 2.75) is 25.9 Å². The second-order valence-electron chi connectivity index (χ2n) is 4.88. The second kappa shape index (κ2) is 8.60. The molecule has 0 N–H and O–H groups in total. The van der Waals surface area contributed by atoms with Crippen molar-refractivity contribution >= 4 is 28.5 Å². The van der Waals surface area contributed by atoms with Crippen LogP contribution < -0.4 is 9.47 Å². The third-order valence-corrected chi connectivity index (χ3v) is 4.04. The number of methoxy groups -OCH3 is 2. The maximum Gasteiger partial charge on any atom is 0.406 e. The SMILES string of the molecule is CCCCN(CC(F)(F)F)C(=O)c1cc(OC)c(OC)cc1I. The summed E-state index contributed by atoms with van der Waals surface area (Å²) in [6.45, 7) is 0.645. The number of hydrogen-bond acceptors (Lipinski definition) is 3. The van der Waals surface area contributed by atoms with Gasteiger partial charge >= 0.3 is 6.18 Å². The van der Waals surface area contributed by atoms with Gasteiger partial charge in [0.05, 0.1) is 19.8 Å². The lowest BCUT2D eigenvalue weighted by Gasteiger charge is -2.24. The summed E-state index contributed by atoms with van der Waals surface area (Å²) in [6, 6.07) is 2.98. The Balaban J connectivity index is 3.16. The fourth-order valence-corrected chi connectivity index (χ4v) is 2.68. The van der Waals surface area contributed by atoms with Gasteiger partial charge in [-0.1, -0.05) is 13.3 Å². The van der Waals surface area contributed by atoms with Crippen LogP contribution in [0.3, 0.4) is 0 Å². The second-order valence-corrected chi connectivity index (χ2v) is 6.04. The van der Waals surface area contributed by atoms with Crippen LogP contribution >= 0.6 is 22.6 Å². The van der Waals surface area contributed by atoms with Crippen molar-refractivity contribution in [3.05, 3.63) is 21.3 Å². The third-order valence-electron chi connectivity index (χ3n) is 3.14. The zero-order valence-corrected chi connectivity index (χ0v) is 15.3. The van der Waals surface area contributed by atoms with E-state index in [1.807, 2.05) is 29.5 Å². The predicted octanol–water partition coefficient (Wildman–Crippen LogP) is 4.11. The van der Waals surface area contributed by atoms with Gasteiger partial charge in [0.25, 0.3) is 5.91 Å². The smallest absolute Gasteiger partial charge is 0.406 e. The normalized spacial score (nSPS) is 11.3. The van der Waals surface area contributed by atoms with E-state index in [2.05, 4.69) is 0 Å². The number of carbonyl (C=O) groups is 1. The van der Waals surface area contributed by atoms with Crippen LogP contribution in [0.5, 0.6) is 11.5 Å². The molecule has 0 aliphatic heterocycles. The first-order valence-electron chi connectivity index (χ1n) is 7.01. The standard InChI is InChI=1S/C15H19F3INO3/c1-4-5-6-20(9-15(16,17)18)14(21)10-7-12(22-2)13(23-3)8-11(10)19/h7-8H,4-6,9H2,1-3H3. The molecule has 1 amide bonds. The molecule has 0 heterocycles.